The van der Waals surface area contributed by atoms with Crippen LogP contribution in [0.15, 0.2) is 28.2 Å². The molecule has 0 bridgehead atoms. The molecule has 0 spiro atoms. The summed E-state index contributed by atoms with van der Waals surface area (Å²) in [5.41, 5.74) is 1.69. The van der Waals surface area contributed by atoms with E-state index in [9.17, 15) is 9.59 Å². The van der Waals surface area contributed by atoms with Crippen LogP contribution in [-0.4, -0.2) is 21.6 Å². The Morgan fingerprint density at radius 1 is 1.39 bits per heavy atom. The second-order valence-electron chi connectivity index (χ2n) is 6.40. The number of amides is 1. The van der Waals surface area contributed by atoms with Gasteiger partial charge in [-0.25, -0.2) is 4.98 Å². The summed E-state index contributed by atoms with van der Waals surface area (Å²) in [6.45, 7) is 0. The molecule has 2 heterocycles. The number of carbonyl (C=O) groups is 1. The number of aromatic nitrogens is 2. The molecule has 2 N–H and O–H groups in total. The number of nitrogens with zero attached hydrogens (tertiary/aromatic N) is 2. The summed E-state index contributed by atoms with van der Waals surface area (Å²) in [7, 11) is 0. The van der Waals surface area contributed by atoms with Gasteiger partial charge in [-0.2, -0.15) is 5.26 Å². The maximum atomic E-state index is 12.5. The van der Waals surface area contributed by atoms with Gasteiger partial charge in [0, 0.05) is 9.90 Å². The average molecular weight is 431 g/mol. The predicted octanol–water partition coefficient (Wildman–Crippen LogP) is 4.12. The molecule has 1 aliphatic carbocycles. The third-order valence-corrected chi connectivity index (χ3v) is 6.81. The third-order valence-electron chi connectivity index (χ3n) is 4.52. The molecule has 2 aromatic heterocycles. The Balaban J connectivity index is 1.50. The number of nitrogens with one attached hydrogen (secondary N) is 2. The molecule has 3 aromatic rings. The molecule has 6 nitrogen and oxygen atoms in total. The standard InChI is InChI=1S/C19H15ClN4O2S2/c20-11-6-5-10(8-21)13(7-11)22-15(25)9-27-19-23-17(26)16-12-3-1-2-4-14(12)28-18(16)24-19/h5-7H,1-4,9H2,(H,22,25)(H,23,24,26). The quantitative estimate of drug-likeness (QED) is 0.479. The number of aromatic amines is 1. The molecule has 0 radical (unpaired) electrons. The van der Waals surface area contributed by atoms with Crippen molar-refractivity contribution in [3.8, 4) is 6.07 Å². The van der Waals surface area contributed by atoms with E-state index in [0.717, 1.165) is 47.8 Å². The molecule has 0 saturated carbocycles. The van der Waals surface area contributed by atoms with Crippen molar-refractivity contribution >= 4 is 56.5 Å². The van der Waals surface area contributed by atoms with E-state index >= 15 is 0 Å². The summed E-state index contributed by atoms with van der Waals surface area (Å²) in [5.74, 6) is -0.256. The first kappa shape index (κ1) is 19.0. The van der Waals surface area contributed by atoms with Gasteiger partial charge in [0.15, 0.2) is 5.16 Å². The number of carbonyl (C=O) groups excluding carboxylic acids is 1. The van der Waals surface area contributed by atoms with Crippen molar-refractivity contribution in [2.45, 2.75) is 30.8 Å². The van der Waals surface area contributed by atoms with E-state index in [1.165, 1.54) is 10.9 Å². The van der Waals surface area contributed by atoms with Crippen LogP contribution in [0.2, 0.25) is 5.02 Å². The zero-order chi connectivity index (χ0) is 19.7. The topological polar surface area (TPSA) is 98.6 Å². The number of fused-ring (bicyclic) bond motifs is 3. The zero-order valence-electron chi connectivity index (χ0n) is 14.7. The maximum Gasteiger partial charge on any atom is 0.260 e. The van der Waals surface area contributed by atoms with E-state index < -0.39 is 0 Å². The lowest BCUT2D eigenvalue weighted by molar-refractivity contribution is -0.113. The van der Waals surface area contributed by atoms with Crippen LogP contribution in [0.1, 0.15) is 28.8 Å². The van der Waals surface area contributed by atoms with Crippen LogP contribution in [0, 0.1) is 11.3 Å². The first-order valence-corrected chi connectivity index (χ1v) is 10.9. The molecule has 1 aromatic carbocycles. The summed E-state index contributed by atoms with van der Waals surface area (Å²) in [6, 6.07) is 6.69. The number of rotatable bonds is 4. The van der Waals surface area contributed by atoms with Crippen molar-refractivity contribution in [3.05, 3.63) is 49.6 Å². The molecule has 0 fully saturated rings. The highest BCUT2D eigenvalue weighted by Crippen LogP contribution is 2.34. The van der Waals surface area contributed by atoms with E-state index in [0.29, 0.717) is 26.8 Å². The van der Waals surface area contributed by atoms with Crippen LogP contribution in [0.3, 0.4) is 0 Å². The van der Waals surface area contributed by atoms with Crippen molar-refractivity contribution in [1.29, 1.82) is 5.26 Å². The van der Waals surface area contributed by atoms with Gasteiger partial charge in [-0.1, -0.05) is 23.4 Å². The first-order chi connectivity index (χ1) is 13.5. The number of thiophene rings is 1. The van der Waals surface area contributed by atoms with Crippen molar-refractivity contribution in [1.82, 2.24) is 9.97 Å². The molecule has 28 heavy (non-hydrogen) atoms. The van der Waals surface area contributed by atoms with E-state index in [2.05, 4.69) is 15.3 Å². The van der Waals surface area contributed by atoms with Crippen LogP contribution in [0.25, 0.3) is 10.2 Å². The normalized spacial score (nSPS) is 13.1. The van der Waals surface area contributed by atoms with E-state index in [4.69, 9.17) is 16.9 Å². The van der Waals surface area contributed by atoms with Crippen LogP contribution in [0.5, 0.6) is 0 Å². The average Bonchev–Trinajstić information content (AvgIpc) is 3.05. The highest BCUT2D eigenvalue weighted by atomic mass is 35.5. The van der Waals surface area contributed by atoms with Gasteiger partial charge in [-0.3, -0.25) is 9.59 Å². The fourth-order valence-electron chi connectivity index (χ4n) is 3.25. The molecule has 9 heteroatoms. The van der Waals surface area contributed by atoms with Gasteiger partial charge in [-0.15, -0.1) is 11.3 Å². The molecule has 1 aliphatic rings. The van der Waals surface area contributed by atoms with Gasteiger partial charge in [0.2, 0.25) is 5.91 Å². The summed E-state index contributed by atoms with van der Waals surface area (Å²) < 4.78 is 0. The number of thioether (sulfide) groups is 1. The Bertz CT molecular complexity index is 1180. The minimum atomic E-state index is -0.308. The molecule has 1 amide bonds. The monoisotopic (exact) mass is 430 g/mol. The first-order valence-electron chi connectivity index (χ1n) is 8.72. The molecular weight excluding hydrogens is 416 g/mol. The van der Waals surface area contributed by atoms with Gasteiger partial charge in [0.1, 0.15) is 10.9 Å². The van der Waals surface area contributed by atoms with Crippen molar-refractivity contribution < 1.29 is 4.79 Å². The SMILES string of the molecule is N#Cc1ccc(Cl)cc1NC(=O)CSc1nc2sc3c(c2c(=O)[nH]1)CCCC3. The number of H-pyrrole nitrogens is 1. The van der Waals surface area contributed by atoms with Crippen LogP contribution >= 0.6 is 34.7 Å². The minimum Gasteiger partial charge on any atom is -0.324 e. The minimum absolute atomic E-state index is 0.0525. The summed E-state index contributed by atoms with van der Waals surface area (Å²) >= 11 is 8.66. The Morgan fingerprint density at radius 2 is 2.21 bits per heavy atom. The van der Waals surface area contributed by atoms with Crippen LogP contribution in [0.4, 0.5) is 5.69 Å². The number of benzene rings is 1. The van der Waals surface area contributed by atoms with E-state index in [1.54, 1.807) is 23.5 Å². The molecule has 0 atom stereocenters. The third kappa shape index (κ3) is 3.78. The highest BCUT2D eigenvalue weighted by Gasteiger charge is 2.20. The molecule has 142 valence electrons. The Morgan fingerprint density at radius 3 is 3.04 bits per heavy atom. The van der Waals surface area contributed by atoms with Crippen LogP contribution < -0.4 is 10.9 Å². The van der Waals surface area contributed by atoms with Crippen molar-refractivity contribution in [2.75, 3.05) is 11.1 Å². The van der Waals surface area contributed by atoms with Gasteiger partial charge < -0.3 is 10.3 Å². The molecule has 0 saturated heterocycles. The Labute approximate surface area is 173 Å². The fraction of sp³-hybridized carbons (Fsp3) is 0.263. The second-order valence-corrected chi connectivity index (χ2v) is 8.88. The van der Waals surface area contributed by atoms with Gasteiger partial charge in [-0.05, 0) is 49.4 Å². The lowest BCUT2D eigenvalue weighted by atomic mass is 9.97. The lowest BCUT2D eigenvalue weighted by Crippen LogP contribution is -2.16. The predicted molar refractivity (Wildman–Crippen MR) is 112 cm³/mol. The zero-order valence-corrected chi connectivity index (χ0v) is 17.1. The summed E-state index contributed by atoms with van der Waals surface area (Å²) in [5, 5.41) is 13.4. The molecular formula is C19H15ClN4O2S2. The van der Waals surface area contributed by atoms with E-state index in [1.807, 2.05) is 6.07 Å². The molecule has 0 aliphatic heterocycles. The largest absolute Gasteiger partial charge is 0.324 e. The van der Waals surface area contributed by atoms with Gasteiger partial charge >= 0.3 is 0 Å². The lowest BCUT2D eigenvalue weighted by Gasteiger charge is -2.09. The molecule has 0 unspecified atom stereocenters. The number of aryl methyl sites for hydroxylation is 2. The number of anilines is 1. The van der Waals surface area contributed by atoms with Gasteiger partial charge in [0.05, 0.1) is 22.4 Å². The van der Waals surface area contributed by atoms with Gasteiger partial charge in [0.25, 0.3) is 5.56 Å². The summed E-state index contributed by atoms with van der Waals surface area (Å²) in [6.07, 6.45) is 4.17. The Kier molecular flexibility index (Phi) is 5.40. The van der Waals surface area contributed by atoms with Crippen molar-refractivity contribution in [3.63, 3.8) is 0 Å². The molecule has 4 rings (SSSR count). The number of hydrogen-bond acceptors (Lipinski definition) is 6. The van der Waals surface area contributed by atoms with E-state index in [-0.39, 0.29) is 17.2 Å². The number of hydrogen-bond donors (Lipinski definition) is 2. The highest BCUT2D eigenvalue weighted by molar-refractivity contribution is 7.99. The Hall–Kier alpha value is -2.34. The second kappa shape index (κ2) is 7.95. The maximum absolute atomic E-state index is 12.5. The summed E-state index contributed by atoms with van der Waals surface area (Å²) in [4.78, 5) is 34.1. The van der Waals surface area contributed by atoms with Crippen molar-refractivity contribution in [2.24, 2.45) is 0 Å². The fourth-order valence-corrected chi connectivity index (χ4v) is 5.40. The number of halogens is 1. The smallest absolute Gasteiger partial charge is 0.260 e. The number of nitriles is 1. The van der Waals surface area contributed by atoms with Crippen LogP contribution in [-0.2, 0) is 17.6 Å².